The highest BCUT2D eigenvalue weighted by molar-refractivity contribution is 7.96. The lowest BCUT2D eigenvalue weighted by Crippen LogP contribution is -2.33. The zero-order valence-electron chi connectivity index (χ0n) is 19.5. The normalized spacial score (nSPS) is 10.7. The van der Waals surface area contributed by atoms with Crippen LogP contribution in [0.4, 0.5) is 0 Å². The number of carbonyl (C=O) groups excluding carboxylic acids is 1. The fourth-order valence-corrected chi connectivity index (χ4v) is 8.91. The molecule has 4 aromatic carbocycles. The van der Waals surface area contributed by atoms with Crippen LogP contribution >= 0.6 is 6.89 Å². The van der Waals surface area contributed by atoms with Gasteiger partial charge in [-0.25, -0.2) is 0 Å². The number of carbonyl (C=O) groups is 1. The van der Waals surface area contributed by atoms with Gasteiger partial charge in [0, 0.05) is 10.9 Å². The van der Waals surface area contributed by atoms with Crippen LogP contribution < -0.4 is 15.9 Å². The van der Waals surface area contributed by atoms with Crippen LogP contribution in [0.1, 0.15) is 31.7 Å². The van der Waals surface area contributed by atoms with E-state index in [0.29, 0.717) is 0 Å². The lowest BCUT2D eigenvalue weighted by Gasteiger charge is -2.32. The molecule has 0 aliphatic heterocycles. The van der Waals surface area contributed by atoms with Gasteiger partial charge in [0.05, 0.1) is 0 Å². The summed E-state index contributed by atoms with van der Waals surface area (Å²) in [4.78, 5) is 14.0. The molecule has 1 nitrogen and oxygen atoms in total. The van der Waals surface area contributed by atoms with Crippen LogP contribution in [0.25, 0.3) is 0 Å². The fourth-order valence-electron chi connectivity index (χ4n) is 4.37. The molecule has 0 atom stereocenters. The van der Waals surface area contributed by atoms with Crippen LogP contribution in [-0.2, 0) is 4.79 Å². The van der Waals surface area contributed by atoms with Gasteiger partial charge in [0.15, 0.2) is 0 Å². The largest absolute Gasteiger partial charge is 0.280 e. The number of ketones is 1. The SMILES string of the molecule is CCCCC(C(=O)C#Cc1ccccc1)=P(c1ccccc1)(c1ccccc1)c1ccccc1. The number of benzene rings is 4. The van der Waals surface area contributed by atoms with Crippen LogP contribution in [0, 0.1) is 11.8 Å². The van der Waals surface area contributed by atoms with Crippen molar-refractivity contribution in [1.29, 1.82) is 0 Å². The van der Waals surface area contributed by atoms with E-state index < -0.39 is 6.89 Å². The summed E-state index contributed by atoms with van der Waals surface area (Å²) in [6.07, 6.45) is 2.69. The molecule has 0 radical (unpaired) electrons. The summed E-state index contributed by atoms with van der Waals surface area (Å²) in [6, 6.07) is 41.4. The van der Waals surface area contributed by atoms with Crippen molar-refractivity contribution >= 4 is 33.9 Å². The fraction of sp³-hybridized carbons (Fsp3) is 0.125. The number of Topliss-reactive ketones (excluding diaryl/α,β-unsaturated/α-hetero) is 1. The first-order chi connectivity index (χ1) is 16.8. The smallest absolute Gasteiger partial charge is 0.233 e. The average Bonchev–Trinajstić information content (AvgIpc) is 2.92. The Kier molecular flexibility index (Phi) is 7.98. The van der Waals surface area contributed by atoms with E-state index in [2.05, 4.69) is 91.6 Å². The van der Waals surface area contributed by atoms with Gasteiger partial charge in [-0.2, -0.15) is 0 Å². The summed E-state index contributed by atoms with van der Waals surface area (Å²) in [6.45, 7) is -0.234. The van der Waals surface area contributed by atoms with Crippen LogP contribution in [0.3, 0.4) is 0 Å². The van der Waals surface area contributed by atoms with E-state index in [0.717, 1.165) is 30.1 Å². The number of hydrogen-bond donors (Lipinski definition) is 0. The summed E-state index contributed by atoms with van der Waals surface area (Å²) in [5.41, 5.74) is 0.855. The molecule has 168 valence electrons. The molecule has 0 aromatic heterocycles. The first-order valence-corrected chi connectivity index (χ1v) is 13.6. The highest BCUT2D eigenvalue weighted by atomic mass is 31.2. The van der Waals surface area contributed by atoms with Crippen molar-refractivity contribution in [3.8, 4) is 11.8 Å². The van der Waals surface area contributed by atoms with Crippen molar-refractivity contribution in [2.45, 2.75) is 26.2 Å². The van der Waals surface area contributed by atoms with E-state index in [1.54, 1.807) is 0 Å². The van der Waals surface area contributed by atoms with Gasteiger partial charge < -0.3 is 0 Å². The highest BCUT2D eigenvalue weighted by Gasteiger charge is 2.32. The Morgan fingerprint density at radius 2 is 1.06 bits per heavy atom. The lowest BCUT2D eigenvalue weighted by atomic mass is 10.1. The first kappa shape index (κ1) is 23.6. The number of unbranched alkanes of at least 4 members (excludes halogenated alkanes) is 1. The predicted octanol–water partition coefficient (Wildman–Crippen LogP) is 5.96. The second-order valence-corrected chi connectivity index (χ2v) is 11.6. The van der Waals surface area contributed by atoms with Gasteiger partial charge in [-0.05, 0) is 53.7 Å². The third kappa shape index (κ3) is 4.99. The summed E-state index contributed by atoms with van der Waals surface area (Å²) >= 11 is 0. The number of rotatable bonds is 7. The van der Waals surface area contributed by atoms with Crippen molar-refractivity contribution in [2.24, 2.45) is 0 Å². The third-order valence-electron chi connectivity index (χ3n) is 5.96. The molecule has 4 aromatic rings. The highest BCUT2D eigenvalue weighted by Crippen LogP contribution is 2.47. The second-order valence-electron chi connectivity index (χ2n) is 8.17. The zero-order valence-corrected chi connectivity index (χ0v) is 20.4. The van der Waals surface area contributed by atoms with Crippen LogP contribution in [0.2, 0.25) is 0 Å². The Bertz CT molecular complexity index is 1230. The third-order valence-corrected chi connectivity index (χ3v) is 10.4. The molecule has 0 amide bonds. The maximum Gasteiger partial charge on any atom is 0.233 e. The lowest BCUT2D eigenvalue weighted by molar-refractivity contribution is -0.108. The molecule has 0 saturated heterocycles. The molecule has 4 rings (SSSR count). The summed E-state index contributed by atoms with van der Waals surface area (Å²) in [5, 5.41) is 4.50. The van der Waals surface area contributed by atoms with Crippen molar-refractivity contribution in [3.63, 3.8) is 0 Å². The average molecular weight is 461 g/mol. The Balaban J connectivity index is 2.10. The first-order valence-electron chi connectivity index (χ1n) is 11.8. The summed E-state index contributed by atoms with van der Waals surface area (Å²) in [7, 11) is 0. The topological polar surface area (TPSA) is 17.1 Å². The quantitative estimate of drug-likeness (QED) is 0.246. The molecule has 0 spiro atoms. The van der Waals surface area contributed by atoms with Gasteiger partial charge in [-0.1, -0.05) is 128 Å². The molecule has 0 bridgehead atoms. The monoisotopic (exact) mass is 460 g/mol. The van der Waals surface area contributed by atoms with E-state index in [-0.39, 0.29) is 5.78 Å². The summed E-state index contributed by atoms with van der Waals surface area (Å²) < 4.78 is 0. The van der Waals surface area contributed by atoms with Crippen LogP contribution in [0.5, 0.6) is 0 Å². The van der Waals surface area contributed by atoms with Gasteiger partial charge in [0.2, 0.25) is 5.78 Å². The Morgan fingerprint density at radius 1 is 0.647 bits per heavy atom. The standard InChI is InChI=1S/C32H29OP/c1-2-3-24-32(31(33)26-25-27-16-8-4-9-17-27)34(28-18-10-5-11-19-28,29-20-12-6-13-21-29)30-22-14-7-15-23-30/h4-23H,2-3,24H2,1H3. The second kappa shape index (κ2) is 11.5. The molecule has 0 N–H and O–H groups in total. The van der Waals surface area contributed by atoms with Gasteiger partial charge in [-0.15, -0.1) is 0 Å². The molecule has 0 aliphatic rings. The Morgan fingerprint density at radius 3 is 1.47 bits per heavy atom. The van der Waals surface area contributed by atoms with Crippen molar-refractivity contribution in [3.05, 3.63) is 127 Å². The minimum atomic E-state index is -2.41. The van der Waals surface area contributed by atoms with Gasteiger partial charge >= 0.3 is 0 Å². The maximum atomic E-state index is 14.0. The molecule has 0 heterocycles. The van der Waals surface area contributed by atoms with Gasteiger partial charge in [0.1, 0.15) is 0 Å². The van der Waals surface area contributed by atoms with Gasteiger partial charge in [0.25, 0.3) is 0 Å². The zero-order chi connectivity index (χ0) is 23.6. The predicted molar refractivity (Wildman–Crippen MR) is 148 cm³/mol. The Hall–Kier alpha value is -3.59. The minimum absolute atomic E-state index is 0.0535. The summed E-state index contributed by atoms with van der Waals surface area (Å²) in [5.74, 6) is 6.10. The molecule has 2 heteroatoms. The molecule has 0 unspecified atom stereocenters. The van der Waals surface area contributed by atoms with E-state index in [1.807, 2.05) is 48.5 Å². The van der Waals surface area contributed by atoms with Crippen LogP contribution in [-0.4, -0.2) is 11.1 Å². The Labute approximate surface area is 203 Å². The molecule has 0 saturated carbocycles. The van der Waals surface area contributed by atoms with E-state index in [4.69, 9.17) is 0 Å². The van der Waals surface area contributed by atoms with Crippen molar-refractivity contribution < 1.29 is 4.79 Å². The molecular formula is C32H29OP. The molecule has 34 heavy (non-hydrogen) atoms. The van der Waals surface area contributed by atoms with E-state index in [1.165, 1.54) is 15.9 Å². The van der Waals surface area contributed by atoms with E-state index >= 15 is 0 Å². The molecule has 0 aliphatic carbocycles. The van der Waals surface area contributed by atoms with Gasteiger partial charge in [-0.3, -0.25) is 4.79 Å². The number of hydrogen-bond acceptors (Lipinski definition) is 1. The van der Waals surface area contributed by atoms with E-state index in [9.17, 15) is 4.79 Å². The maximum absolute atomic E-state index is 14.0. The van der Waals surface area contributed by atoms with Crippen molar-refractivity contribution in [2.75, 3.05) is 0 Å². The van der Waals surface area contributed by atoms with Crippen molar-refractivity contribution in [1.82, 2.24) is 0 Å². The molecular weight excluding hydrogens is 431 g/mol. The molecule has 0 fully saturated rings. The minimum Gasteiger partial charge on any atom is -0.280 e. The van der Waals surface area contributed by atoms with Crippen LogP contribution in [0.15, 0.2) is 121 Å².